The lowest BCUT2D eigenvalue weighted by molar-refractivity contribution is 0.0937. The Morgan fingerprint density at radius 2 is 2.06 bits per heavy atom. The van der Waals surface area contributed by atoms with E-state index in [2.05, 4.69) is 55.6 Å². The summed E-state index contributed by atoms with van der Waals surface area (Å²) in [6, 6.07) is 5.36. The highest BCUT2D eigenvalue weighted by molar-refractivity contribution is 14.1. The van der Waals surface area contributed by atoms with E-state index in [0.717, 1.165) is 3.57 Å². The average Bonchev–Trinajstić information content (AvgIpc) is 2.27. The molecule has 1 atom stereocenters. The minimum Gasteiger partial charge on any atom is -0.352 e. The lowest BCUT2D eigenvalue weighted by Gasteiger charge is -2.27. The van der Waals surface area contributed by atoms with Crippen LogP contribution < -0.4 is 5.32 Å². The molecule has 1 N–H and O–H groups in total. The summed E-state index contributed by atoms with van der Waals surface area (Å²) in [6.07, 6.45) is 0. The third-order valence-electron chi connectivity index (χ3n) is 3.23. The molecule has 0 radical (unpaired) electrons. The Morgan fingerprint density at radius 3 is 2.56 bits per heavy atom. The van der Waals surface area contributed by atoms with E-state index in [0.29, 0.717) is 23.0 Å². The number of carbonyl (C=O) groups is 1. The maximum absolute atomic E-state index is 12.0. The summed E-state index contributed by atoms with van der Waals surface area (Å²) < 4.78 is 0.953. The van der Waals surface area contributed by atoms with Crippen LogP contribution in [0.15, 0.2) is 18.2 Å². The van der Waals surface area contributed by atoms with Gasteiger partial charge in [0.25, 0.3) is 5.91 Å². The zero-order valence-corrected chi connectivity index (χ0v) is 14.1. The van der Waals surface area contributed by atoms with Crippen LogP contribution in [0, 0.1) is 14.9 Å². The summed E-state index contributed by atoms with van der Waals surface area (Å²) in [6.45, 7) is 9.33. The van der Waals surface area contributed by atoms with Gasteiger partial charge in [-0.25, -0.2) is 0 Å². The Labute approximate surface area is 128 Å². The first-order valence-corrected chi connectivity index (χ1v) is 7.40. The Morgan fingerprint density at radius 1 is 1.44 bits per heavy atom. The molecule has 1 aromatic carbocycles. The van der Waals surface area contributed by atoms with E-state index >= 15 is 0 Å². The molecule has 0 aromatic heterocycles. The number of hydrogen-bond donors (Lipinski definition) is 1. The number of rotatable bonds is 3. The molecule has 1 amide bonds. The number of carbonyl (C=O) groups excluding carboxylic acids is 1. The molecule has 1 aromatic rings. The highest BCUT2D eigenvalue weighted by Crippen LogP contribution is 2.24. The van der Waals surface area contributed by atoms with Crippen molar-refractivity contribution in [2.24, 2.45) is 11.3 Å². The molecule has 0 bridgehead atoms. The van der Waals surface area contributed by atoms with Crippen LogP contribution in [-0.4, -0.2) is 12.5 Å². The van der Waals surface area contributed by atoms with E-state index in [1.165, 1.54) is 0 Å². The van der Waals surface area contributed by atoms with Gasteiger partial charge >= 0.3 is 0 Å². The van der Waals surface area contributed by atoms with Crippen molar-refractivity contribution in [3.05, 3.63) is 32.4 Å². The van der Waals surface area contributed by atoms with Crippen LogP contribution in [0.4, 0.5) is 0 Å². The molecule has 0 heterocycles. The van der Waals surface area contributed by atoms with Crippen LogP contribution in [0.3, 0.4) is 0 Å². The predicted octanol–water partition coefficient (Wildman–Crippen LogP) is 4.36. The minimum atomic E-state index is -0.0654. The minimum absolute atomic E-state index is 0.0654. The van der Waals surface area contributed by atoms with Gasteiger partial charge < -0.3 is 5.32 Å². The molecule has 0 saturated heterocycles. The summed E-state index contributed by atoms with van der Waals surface area (Å²) in [5.41, 5.74) is 0.804. The molecule has 4 heteroatoms. The molecule has 100 valence electrons. The molecule has 0 aliphatic rings. The second-order valence-corrected chi connectivity index (χ2v) is 7.18. The Bertz CT molecular complexity index is 440. The Balaban J connectivity index is 2.63. The van der Waals surface area contributed by atoms with Crippen LogP contribution in [0.1, 0.15) is 38.1 Å². The van der Waals surface area contributed by atoms with Crippen molar-refractivity contribution < 1.29 is 4.79 Å². The molecule has 18 heavy (non-hydrogen) atoms. The molecule has 0 aliphatic carbocycles. The number of nitrogens with one attached hydrogen (secondary N) is 1. The Hall–Kier alpha value is -0.290. The molecule has 0 aliphatic heterocycles. The number of benzene rings is 1. The van der Waals surface area contributed by atoms with Crippen molar-refractivity contribution in [2.45, 2.75) is 27.7 Å². The fourth-order valence-electron chi connectivity index (χ4n) is 1.29. The van der Waals surface area contributed by atoms with Gasteiger partial charge in [-0.15, -0.1) is 0 Å². The monoisotopic (exact) mass is 379 g/mol. The van der Waals surface area contributed by atoms with Gasteiger partial charge in [0, 0.05) is 15.7 Å². The smallest absolute Gasteiger partial charge is 0.251 e. The summed E-state index contributed by atoms with van der Waals surface area (Å²) in [5, 5.41) is 3.57. The highest BCUT2D eigenvalue weighted by Gasteiger charge is 2.20. The SMILES string of the molecule is CC(CNC(=O)c1ccc(I)c(Cl)c1)C(C)(C)C. The predicted molar refractivity (Wildman–Crippen MR) is 85.1 cm³/mol. The lowest BCUT2D eigenvalue weighted by atomic mass is 9.82. The molecule has 0 fully saturated rings. The fraction of sp³-hybridized carbons (Fsp3) is 0.500. The van der Waals surface area contributed by atoms with E-state index in [9.17, 15) is 4.79 Å². The van der Waals surface area contributed by atoms with E-state index in [1.807, 2.05) is 6.07 Å². The topological polar surface area (TPSA) is 29.1 Å². The zero-order chi connectivity index (χ0) is 13.9. The average molecular weight is 380 g/mol. The van der Waals surface area contributed by atoms with Gasteiger partial charge in [0.1, 0.15) is 0 Å². The van der Waals surface area contributed by atoms with E-state index in [4.69, 9.17) is 11.6 Å². The highest BCUT2D eigenvalue weighted by atomic mass is 127. The first-order valence-electron chi connectivity index (χ1n) is 5.95. The molecular weight excluding hydrogens is 361 g/mol. The first kappa shape index (κ1) is 15.8. The number of halogens is 2. The lowest BCUT2D eigenvalue weighted by Crippen LogP contribution is -2.33. The summed E-state index contributed by atoms with van der Waals surface area (Å²) in [5.74, 6) is 0.352. The van der Waals surface area contributed by atoms with Gasteiger partial charge in [-0.2, -0.15) is 0 Å². The number of amides is 1. The van der Waals surface area contributed by atoms with E-state index < -0.39 is 0 Å². The van der Waals surface area contributed by atoms with Crippen LogP contribution in [0.5, 0.6) is 0 Å². The van der Waals surface area contributed by atoms with Crippen LogP contribution in [0.2, 0.25) is 5.02 Å². The zero-order valence-electron chi connectivity index (χ0n) is 11.2. The van der Waals surface area contributed by atoms with Crippen LogP contribution in [0.25, 0.3) is 0 Å². The third-order valence-corrected chi connectivity index (χ3v) is 4.80. The summed E-state index contributed by atoms with van der Waals surface area (Å²) in [7, 11) is 0. The van der Waals surface area contributed by atoms with E-state index in [-0.39, 0.29) is 11.3 Å². The van der Waals surface area contributed by atoms with Gasteiger partial charge in [-0.3, -0.25) is 4.79 Å². The van der Waals surface area contributed by atoms with Crippen molar-refractivity contribution in [2.75, 3.05) is 6.54 Å². The number of hydrogen-bond acceptors (Lipinski definition) is 1. The van der Waals surface area contributed by atoms with Gasteiger partial charge in [-0.05, 0) is 52.1 Å². The van der Waals surface area contributed by atoms with Crippen molar-refractivity contribution in [3.8, 4) is 0 Å². The molecule has 0 saturated carbocycles. The molecule has 2 nitrogen and oxygen atoms in total. The van der Waals surface area contributed by atoms with Gasteiger partial charge in [0.2, 0.25) is 0 Å². The van der Waals surface area contributed by atoms with Crippen molar-refractivity contribution >= 4 is 40.1 Å². The summed E-state index contributed by atoms with van der Waals surface area (Å²) in [4.78, 5) is 12.0. The van der Waals surface area contributed by atoms with Gasteiger partial charge in [0.05, 0.1) is 5.02 Å². The standard InChI is InChI=1S/C14H19ClINO/c1-9(14(2,3)4)8-17-13(18)10-5-6-12(16)11(15)7-10/h5-7,9H,8H2,1-4H3,(H,17,18). The first-order chi connectivity index (χ1) is 8.21. The van der Waals surface area contributed by atoms with Crippen molar-refractivity contribution in [1.82, 2.24) is 5.32 Å². The van der Waals surface area contributed by atoms with Crippen molar-refractivity contribution in [3.63, 3.8) is 0 Å². The maximum Gasteiger partial charge on any atom is 0.251 e. The molecule has 1 unspecified atom stereocenters. The Kier molecular flexibility index (Phi) is 5.46. The van der Waals surface area contributed by atoms with Gasteiger partial charge in [-0.1, -0.05) is 39.3 Å². The third kappa shape index (κ3) is 4.43. The largest absolute Gasteiger partial charge is 0.352 e. The molecular formula is C14H19ClINO. The van der Waals surface area contributed by atoms with Gasteiger partial charge in [0.15, 0.2) is 0 Å². The molecule has 0 spiro atoms. The maximum atomic E-state index is 12.0. The quantitative estimate of drug-likeness (QED) is 0.777. The second-order valence-electron chi connectivity index (χ2n) is 5.61. The second kappa shape index (κ2) is 6.24. The van der Waals surface area contributed by atoms with E-state index in [1.54, 1.807) is 12.1 Å². The molecule has 1 rings (SSSR count). The van der Waals surface area contributed by atoms with Crippen LogP contribution >= 0.6 is 34.2 Å². The fourth-order valence-corrected chi connectivity index (χ4v) is 1.81. The van der Waals surface area contributed by atoms with Crippen molar-refractivity contribution in [1.29, 1.82) is 0 Å². The normalized spacial score (nSPS) is 13.2. The summed E-state index contributed by atoms with van der Waals surface area (Å²) >= 11 is 8.15. The van der Waals surface area contributed by atoms with Crippen LogP contribution in [-0.2, 0) is 0 Å².